The van der Waals surface area contributed by atoms with Crippen LogP contribution < -0.4 is 15.0 Å². The van der Waals surface area contributed by atoms with Crippen molar-refractivity contribution >= 4 is 22.5 Å². The summed E-state index contributed by atoms with van der Waals surface area (Å²) in [5.74, 6) is 1.08. The third kappa shape index (κ3) is 3.22. The zero-order valence-corrected chi connectivity index (χ0v) is 12.6. The minimum atomic E-state index is -0.301. The molecule has 0 saturated heterocycles. The lowest BCUT2D eigenvalue weighted by atomic mass is 10.2. The van der Waals surface area contributed by atoms with Gasteiger partial charge in [-0.15, -0.1) is 0 Å². The molecule has 1 aromatic heterocycles. The molecule has 0 saturated carbocycles. The highest BCUT2D eigenvalue weighted by atomic mass is 35.5. The largest absolute Gasteiger partial charge is 0.487 e. The Balaban J connectivity index is 2.64. The summed E-state index contributed by atoms with van der Waals surface area (Å²) >= 11 is 5.77. The maximum atomic E-state index is 11.9. The summed E-state index contributed by atoms with van der Waals surface area (Å²) in [6.45, 7) is 7.66. The fourth-order valence-corrected chi connectivity index (χ4v) is 1.99. The molecule has 108 valence electrons. The summed E-state index contributed by atoms with van der Waals surface area (Å²) in [5, 5.41) is 0.469. The van der Waals surface area contributed by atoms with Crippen LogP contribution in [0.1, 0.15) is 27.7 Å². The fourth-order valence-electron chi connectivity index (χ4n) is 1.81. The van der Waals surface area contributed by atoms with E-state index in [1.807, 2.05) is 27.7 Å². The highest BCUT2D eigenvalue weighted by Crippen LogP contribution is 2.32. The Kier molecular flexibility index (Phi) is 4.18. The van der Waals surface area contributed by atoms with Crippen molar-refractivity contribution in [1.29, 1.82) is 0 Å². The summed E-state index contributed by atoms with van der Waals surface area (Å²) in [6.07, 6.45) is -0.0410. The van der Waals surface area contributed by atoms with E-state index in [1.54, 1.807) is 12.1 Å². The summed E-state index contributed by atoms with van der Waals surface area (Å²) in [4.78, 5) is 18.5. The number of ether oxygens (including phenoxy) is 2. The van der Waals surface area contributed by atoms with Crippen molar-refractivity contribution in [3.63, 3.8) is 0 Å². The normalized spacial score (nSPS) is 11.3. The second-order valence-electron chi connectivity index (χ2n) is 5.01. The van der Waals surface area contributed by atoms with Crippen LogP contribution in [0, 0.1) is 0 Å². The van der Waals surface area contributed by atoms with E-state index in [-0.39, 0.29) is 23.1 Å². The van der Waals surface area contributed by atoms with Crippen molar-refractivity contribution in [2.24, 2.45) is 0 Å². The molecular weight excluding hydrogens is 280 g/mol. The molecule has 20 heavy (non-hydrogen) atoms. The van der Waals surface area contributed by atoms with Crippen molar-refractivity contribution in [3.8, 4) is 11.5 Å². The number of nitrogens with one attached hydrogen (secondary N) is 1. The predicted molar refractivity (Wildman–Crippen MR) is 78.9 cm³/mol. The van der Waals surface area contributed by atoms with E-state index in [1.165, 1.54) is 0 Å². The Hall–Kier alpha value is -1.75. The van der Waals surface area contributed by atoms with Crippen LogP contribution in [0.15, 0.2) is 16.9 Å². The number of hydrogen-bond acceptors (Lipinski definition) is 4. The third-order valence-corrected chi connectivity index (χ3v) is 2.65. The van der Waals surface area contributed by atoms with E-state index in [2.05, 4.69) is 9.97 Å². The van der Waals surface area contributed by atoms with Gasteiger partial charge < -0.3 is 9.47 Å². The molecule has 0 aliphatic carbocycles. The maximum absolute atomic E-state index is 11.9. The number of aromatic amines is 1. The number of hydrogen-bond donors (Lipinski definition) is 1. The van der Waals surface area contributed by atoms with Crippen LogP contribution in [0.3, 0.4) is 0 Å². The number of rotatable bonds is 4. The highest BCUT2D eigenvalue weighted by Gasteiger charge is 2.14. The van der Waals surface area contributed by atoms with Gasteiger partial charge in [0.15, 0.2) is 11.5 Å². The SMILES string of the molecule is CC(C)Oc1cc2nc(Cl)[nH]c(=O)c2cc1OC(C)C. The first kappa shape index (κ1) is 14.7. The zero-order valence-electron chi connectivity index (χ0n) is 11.9. The molecule has 0 aliphatic rings. The summed E-state index contributed by atoms with van der Waals surface area (Å²) in [6, 6.07) is 3.31. The summed E-state index contributed by atoms with van der Waals surface area (Å²) < 4.78 is 11.4. The Morgan fingerprint density at radius 3 is 2.20 bits per heavy atom. The molecule has 1 heterocycles. The second kappa shape index (κ2) is 5.71. The van der Waals surface area contributed by atoms with Gasteiger partial charge in [-0.2, -0.15) is 0 Å². The molecule has 0 spiro atoms. The van der Waals surface area contributed by atoms with Crippen molar-refractivity contribution in [1.82, 2.24) is 9.97 Å². The van der Waals surface area contributed by atoms with E-state index in [0.717, 1.165) is 0 Å². The van der Waals surface area contributed by atoms with Crippen LogP contribution in [0.4, 0.5) is 0 Å². The number of fused-ring (bicyclic) bond motifs is 1. The molecule has 0 atom stereocenters. The molecule has 1 aromatic carbocycles. The van der Waals surface area contributed by atoms with E-state index in [4.69, 9.17) is 21.1 Å². The fraction of sp³-hybridized carbons (Fsp3) is 0.429. The first-order valence-electron chi connectivity index (χ1n) is 6.43. The van der Waals surface area contributed by atoms with E-state index in [0.29, 0.717) is 22.4 Å². The van der Waals surface area contributed by atoms with Gasteiger partial charge in [0.2, 0.25) is 5.28 Å². The Bertz CT molecular complexity index is 680. The lowest BCUT2D eigenvalue weighted by Crippen LogP contribution is -2.13. The Labute approximate surface area is 121 Å². The van der Waals surface area contributed by atoms with Crippen LogP contribution in [0.2, 0.25) is 5.28 Å². The molecule has 6 heteroatoms. The first-order chi connectivity index (χ1) is 9.36. The number of aromatic nitrogens is 2. The van der Waals surface area contributed by atoms with Crippen molar-refractivity contribution in [2.45, 2.75) is 39.9 Å². The van der Waals surface area contributed by atoms with Gasteiger partial charge in [0.25, 0.3) is 5.56 Å². The monoisotopic (exact) mass is 296 g/mol. The third-order valence-electron chi connectivity index (χ3n) is 2.47. The van der Waals surface area contributed by atoms with Gasteiger partial charge in [-0.1, -0.05) is 0 Å². The Morgan fingerprint density at radius 2 is 1.65 bits per heavy atom. The van der Waals surface area contributed by atoms with Gasteiger partial charge in [0.1, 0.15) is 0 Å². The quantitative estimate of drug-likeness (QED) is 0.880. The topological polar surface area (TPSA) is 64.2 Å². The second-order valence-corrected chi connectivity index (χ2v) is 5.36. The molecule has 0 bridgehead atoms. The van der Waals surface area contributed by atoms with E-state index < -0.39 is 0 Å². The molecule has 0 unspecified atom stereocenters. The smallest absolute Gasteiger partial charge is 0.259 e. The lowest BCUT2D eigenvalue weighted by Gasteiger charge is -2.17. The van der Waals surface area contributed by atoms with Crippen LogP contribution in [-0.2, 0) is 0 Å². The van der Waals surface area contributed by atoms with E-state index in [9.17, 15) is 4.79 Å². The number of benzene rings is 1. The first-order valence-corrected chi connectivity index (χ1v) is 6.81. The van der Waals surface area contributed by atoms with Crippen LogP contribution in [-0.4, -0.2) is 22.2 Å². The van der Waals surface area contributed by atoms with Crippen molar-refractivity contribution in [2.75, 3.05) is 0 Å². The predicted octanol–water partition coefficient (Wildman–Crippen LogP) is 3.15. The van der Waals surface area contributed by atoms with Crippen LogP contribution in [0.5, 0.6) is 11.5 Å². The lowest BCUT2D eigenvalue weighted by molar-refractivity contribution is 0.199. The van der Waals surface area contributed by atoms with Crippen LogP contribution >= 0.6 is 11.6 Å². The zero-order chi connectivity index (χ0) is 14.9. The molecule has 5 nitrogen and oxygen atoms in total. The molecule has 1 N–H and O–H groups in total. The van der Waals surface area contributed by atoms with Gasteiger partial charge in [-0.25, -0.2) is 4.98 Å². The Morgan fingerprint density at radius 1 is 1.10 bits per heavy atom. The maximum Gasteiger partial charge on any atom is 0.259 e. The highest BCUT2D eigenvalue weighted by molar-refractivity contribution is 6.28. The standard InChI is InChI=1S/C14H17ClN2O3/c1-7(2)19-11-5-9-10(6-12(11)20-8(3)4)16-14(15)17-13(9)18/h5-8H,1-4H3,(H,16,17,18). The van der Waals surface area contributed by atoms with Gasteiger partial charge >= 0.3 is 0 Å². The molecule has 2 rings (SSSR count). The number of halogens is 1. The molecule has 0 radical (unpaired) electrons. The van der Waals surface area contributed by atoms with E-state index >= 15 is 0 Å². The van der Waals surface area contributed by atoms with Crippen molar-refractivity contribution in [3.05, 3.63) is 27.8 Å². The van der Waals surface area contributed by atoms with Gasteiger partial charge in [0, 0.05) is 6.07 Å². The van der Waals surface area contributed by atoms with Crippen LogP contribution in [0.25, 0.3) is 10.9 Å². The molecule has 2 aromatic rings. The van der Waals surface area contributed by atoms with Gasteiger partial charge in [-0.3, -0.25) is 9.78 Å². The molecule has 0 aliphatic heterocycles. The number of nitrogens with zero attached hydrogens (tertiary/aromatic N) is 1. The molecular formula is C14H17ClN2O3. The number of H-pyrrole nitrogens is 1. The van der Waals surface area contributed by atoms with Gasteiger partial charge in [0.05, 0.1) is 23.1 Å². The minimum absolute atomic E-state index is 0.0144. The summed E-state index contributed by atoms with van der Waals surface area (Å²) in [7, 11) is 0. The molecule has 0 fully saturated rings. The van der Waals surface area contributed by atoms with Gasteiger partial charge in [-0.05, 0) is 45.4 Å². The average Bonchev–Trinajstić information content (AvgIpc) is 2.29. The average molecular weight is 297 g/mol. The minimum Gasteiger partial charge on any atom is -0.487 e. The van der Waals surface area contributed by atoms with Crippen molar-refractivity contribution < 1.29 is 9.47 Å². The molecule has 0 amide bonds. The summed E-state index contributed by atoms with van der Waals surface area (Å²) in [5.41, 5.74) is 0.176.